The Hall–Kier alpha value is -1.46. The number of nitrogens with one attached hydrogen (secondary N) is 1. The molecular formula is C16H22N2O2S. The first-order valence-electron chi connectivity index (χ1n) is 7.04. The Morgan fingerprint density at radius 1 is 1.24 bits per heavy atom. The topological polar surface area (TPSA) is 59.1 Å². The maximum atomic E-state index is 12.2. The summed E-state index contributed by atoms with van der Waals surface area (Å²) < 4.78 is 23.5. The molecule has 0 spiro atoms. The average molecular weight is 306 g/mol. The van der Waals surface area contributed by atoms with Crippen LogP contribution >= 0.6 is 0 Å². The lowest BCUT2D eigenvalue weighted by Gasteiger charge is -2.34. The van der Waals surface area contributed by atoms with Crippen molar-refractivity contribution in [3.8, 4) is 0 Å². The standard InChI is InChI=1S/C16H22N2O2S/c1-5-18-15(16(2,3)21(4,19)20)14-11-17-10-12-8-6-7-9-13(12)14/h6-11,15,18H,5H2,1-4H3. The molecule has 2 aromatic rings. The number of nitrogens with zero attached hydrogens (tertiary/aromatic N) is 1. The van der Waals surface area contributed by atoms with Crippen molar-refractivity contribution in [2.24, 2.45) is 0 Å². The summed E-state index contributed by atoms with van der Waals surface area (Å²) in [5, 5.41) is 5.37. The molecule has 0 bridgehead atoms. The summed E-state index contributed by atoms with van der Waals surface area (Å²) >= 11 is 0. The van der Waals surface area contributed by atoms with Gasteiger partial charge < -0.3 is 5.32 Å². The van der Waals surface area contributed by atoms with E-state index in [1.54, 1.807) is 26.2 Å². The van der Waals surface area contributed by atoms with Crippen LogP contribution in [-0.4, -0.2) is 30.9 Å². The molecule has 1 unspecified atom stereocenters. The first-order valence-corrected chi connectivity index (χ1v) is 8.93. The molecular weight excluding hydrogens is 284 g/mol. The summed E-state index contributed by atoms with van der Waals surface area (Å²) in [6, 6.07) is 7.60. The Kier molecular flexibility index (Phi) is 4.35. The molecule has 5 heteroatoms. The SMILES string of the molecule is CCNC(c1cncc2ccccc12)C(C)(C)S(C)(=O)=O. The van der Waals surface area contributed by atoms with Gasteiger partial charge in [0, 0.05) is 24.0 Å². The van der Waals surface area contributed by atoms with Crippen LogP contribution in [0.2, 0.25) is 0 Å². The van der Waals surface area contributed by atoms with Crippen molar-refractivity contribution in [1.82, 2.24) is 10.3 Å². The van der Waals surface area contributed by atoms with Crippen LogP contribution in [0.5, 0.6) is 0 Å². The second kappa shape index (κ2) is 5.73. The van der Waals surface area contributed by atoms with Crippen LogP contribution in [-0.2, 0) is 9.84 Å². The van der Waals surface area contributed by atoms with Gasteiger partial charge in [-0.15, -0.1) is 0 Å². The molecule has 0 aliphatic heterocycles. The van der Waals surface area contributed by atoms with E-state index >= 15 is 0 Å². The quantitative estimate of drug-likeness (QED) is 0.922. The van der Waals surface area contributed by atoms with E-state index in [4.69, 9.17) is 0 Å². The predicted octanol–water partition coefficient (Wildman–Crippen LogP) is 2.71. The number of benzene rings is 1. The predicted molar refractivity (Wildman–Crippen MR) is 87.1 cm³/mol. The number of hydrogen-bond donors (Lipinski definition) is 1. The molecule has 1 aromatic carbocycles. The van der Waals surface area contributed by atoms with Crippen LogP contribution in [0.3, 0.4) is 0 Å². The van der Waals surface area contributed by atoms with Crippen LogP contribution in [0, 0.1) is 0 Å². The van der Waals surface area contributed by atoms with Gasteiger partial charge in [-0.05, 0) is 31.3 Å². The van der Waals surface area contributed by atoms with Crippen molar-refractivity contribution in [3.05, 3.63) is 42.2 Å². The van der Waals surface area contributed by atoms with E-state index < -0.39 is 14.6 Å². The Balaban J connectivity index is 2.67. The van der Waals surface area contributed by atoms with Gasteiger partial charge in [0.05, 0.1) is 10.8 Å². The van der Waals surface area contributed by atoms with Crippen molar-refractivity contribution in [2.45, 2.75) is 31.6 Å². The smallest absolute Gasteiger partial charge is 0.154 e. The second-order valence-corrected chi connectivity index (χ2v) is 8.41. The number of fused-ring (bicyclic) bond motifs is 1. The fourth-order valence-corrected chi connectivity index (χ4v) is 3.16. The van der Waals surface area contributed by atoms with Gasteiger partial charge in [0.25, 0.3) is 0 Å². The first kappa shape index (κ1) is 15.9. The minimum Gasteiger partial charge on any atom is -0.309 e. The van der Waals surface area contributed by atoms with E-state index in [-0.39, 0.29) is 6.04 Å². The maximum absolute atomic E-state index is 12.2. The fourth-order valence-electron chi connectivity index (χ4n) is 2.52. The lowest BCUT2D eigenvalue weighted by Crippen LogP contribution is -2.45. The summed E-state index contributed by atoms with van der Waals surface area (Å²) in [7, 11) is -3.23. The van der Waals surface area contributed by atoms with Gasteiger partial charge in [-0.3, -0.25) is 4.98 Å². The largest absolute Gasteiger partial charge is 0.309 e. The van der Waals surface area contributed by atoms with E-state index in [9.17, 15) is 8.42 Å². The number of aromatic nitrogens is 1. The van der Waals surface area contributed by atoms with Gasteiger partial charge in [0.15, 0.2) is 9.84 Å². The van der Waals surface area contributed by atoms with Gasteiger partial charge in [-0.1, -0.05) is 31.2 Å². The Morgan fingerprint density at radius 3 is 2.52 bits per heavy atom. The van der Waals surface area contributed by atoms with Gasteiger partial charge in [-0.25, -0.2) is 8.42 Å². The van der Waals surface area contributed by atoms with E-state index in [1.165, 1.54) is 6.26 Å². The van der Waals surface area contributed by atoms with E-state index in [2.05, 4.69) is 10.3 Å². The Bertz CT molecular complexity index is 734. The highest BCUT2D eigenvalue weighted by atomic mass is 32.2. The highest BCUT2D eigenvalue weighted by molar-refractivity contribution is 7.92. The van der Waals surface area contributed by atoms with Gasteiger partial charge >= 0.3 is 0 Å². The van der Waals surface area contributed by atoms with Crippen LogP contribution in [0.25, 0.3) is 10.8 Å². The maximum Gasteiger partial charge on any atom is 0.154 e. The lowest BCUT2D eigenvalue weighted by molar-refractivity contribution is 0.429. The highest BCUT2D eigenvalue weighted by Crippen LogP contribution is 2.35. The lowest BCUT2D eigenvalue weighted by atomic mass is 9.92. The summed E-state index contributed by atoms with van der Waals surface area (Å²) in [6.45, 7) is 6.19. The van der Waals surface area contributed by atoms with Crippen LogP contribution in [0.1, 0.15) is 32.4 Å². The fraction of sp³-hybridized carbons (Fsp3) is 0.438. The third-order valence-electron chi connectivity index (χ3n) is 4.07. The monoisotopic (exact) mass is 306 g/mol. The van der Waals surface area contributed by atoms with Crippen molar-refractivity contribution >= 4 is 20.6 Å². The number of sulfone groups is 1. The zero-order chi connectivity index (χ0) is 15.7. The third kappa shape index (κ3) is 2.94. The van der Waals surface area contributed by atoms with E-state index in [0.717, 1.165) is 16.3 Å². The van der Waals surface area contributed by atoms with Gasteiger partial charge in [-0.2, -0.15) is 0 Å². The summed E-state index contributed by atoms with van der Waals surface area (Å²) in [6.07, 6.45) is 4.85. The summed E-state index contributed by atoms with van der Waals surface area (Å²) in [5.74, 6) is 0. The molecule has 21 heavy (non-hydrogen) atoms. The first-order chi connectivity index (χ1) is 9.79. The molecule has 1 N–H and O–H groups in total. The number of rotatable bonds is 5. The van der Waals surface area contributed by atoms with E-state index in [0.29, 0.717) is 6.54 Å². The van der Waals surface area contributed by atoms with Crippen LogP contribution in [0.4, 0.5) is 0 Å². The van der Waals surface area contributed by atoms with E-state index in [1.807, 2.05) is 31.2 Å². The third-order valence-corrected chi connectivity index (χ3v) is 6.22. The van der Waals surface area contributed by atoms with Crippen molar-refractivity contribution in [3.63, 3.8) is 0 Å². The molecule has 0 radical (unpaired) electrons. The zero-order valence-electron chi connectivity index (χ0n) is 12.9. The minimum atomic E-state index is -3.23. The molecule has 0 saturated heterocycles. The number of hydrogen-bond acceptors (Lipinski definition) is 4. The Labute approximate surface area is 126 Å². The summed E-state index contributed by atoms with van der Waals surface area (Å²) in [4.78, 5) is 4.28. The molecule has 0 fully saturated rings. The molecule has 1 heterocycles. The second-order valence-electron chi connectivity index (χ2n) is 5.82. The van der Waals surface area contributed by atoms with Crippen LogP contribution in [0.15, 0.2) is 36.7 Å². The molecule has 2 rings (SSSR count). The van der Waals surface area contributed by atoms with Gasteiger partial charge in [0.1, 0.15) is 0 Å². The average Bonchev–Trinajstić information content (AvgIpc) is 2.43. The molecule has 1 aromatic heterocycles. The summed E-state index contributed by atoms with van der Waals surface area (Å²) in [5.41, 5.74) is 0.922. The molecule has 0 aliphatic rings. The Morgan fingerprint density at radius 2 is 1.90 bits per heavy atom. The molecule has 0 saturated carbocycles. The van der Waals surface area contributed by atoms with Crippen LogP contribution < -0.4 is 5.32 Å². The minimum absolute atomic E-state index is 0.309. The molecule has 114 valence electrons. The number of pyridine rings is 1. The molecule has 4 nitrogen and oxygen atoms in total. The zero-order valence-corrected chi connectivity index (χ0v) is 13.7. The highest BCUT2D eigenvalue weighted by Gasteiger charge is 2.40. The van der Waals surface area contributed by atoms with Crippen molar-refractivity contribution in [1.29, 1.82) is 0 Å². The molecule has 0 amide bonds. The van der Waals surface area contributed by atoms with Gasteiger partial charge in [0.2, 0.25) is 0 Å². The normalized spacial score (nSPS) is 14.3. The molecule has 0 aliphatic carbocycles. The van der Waals surface area contributed by atoms with Crippen molar-refractivity contribution < 1.29 is 8.42 Å². The molecule has 1 atom stereocenters. The van der Waals surface area contributed by atoms with Crippen molar-refractivity contribution in [2.75, 3.05) is 12.8 Å².